The normalized spacial score (nSPS) is 10.3. The summed E-state index contributed by atoms with van der Waals surface area (Å²) in [6.07, 6.45) is 0.851. The van der Waals surface area contributed by atoms with Gasteiger partial charge in [-0.2, -0.15) is 11.8 Å². The van der Waals surface area contributed by atoms with Gasteiger partial charge < -0.3 is 10.6 Å². The second-order valence-electron chi connectivity index (χ2n) is 5.22. The van der Waals surface area contributed by atoms with Gasteiger partial charge in [0.05, 0.1) is 0 Å². The summed E-state index contributed by atoms with van der Waals surface area (Å²) in [5, 5.41) is 5.70. The molecule has 0 aliphatic carbocycles. The summed E-state index contributed by atoms with van der Waals surface area (Å²) in [5.41, 5.74) is 1.57. The Bertz CT molecular complexity index is 645. The van der Waals surface area contributed by atoms with Crippen molar-refractivity contribution in [2.75, 3.05) is 22.1 Å². The second-order valence-corrected chi connectivity index (χ2v) is 8.28. The van der Waals surface area contributed by atoms with Crippen LogP contribution >= 0.6 is 43.6 Å². The van der Waals surface area contributed by atoms with Crippen LogP contribution in [-0.2, 0) is 9.59 Å². The van der Waals surface area contributed by atoms with Crippen LogP contribution in [0.5, 0.6) is 0 Å². The maximum absolute atomic E-state index is 11.8. The topological polar surface area (TPSA) is 58.2 Å². The van der Waals surface area contributed by atoms with Crippen molar-refractivity contribution in [2.24, 2.45) is 0 Å². The smallest absolute Gasteiger partial charge is 0.225 e. The van der Waals surface area contributed by atoms with Crippen LogP contribution in [0.1, 0.15) is 12.8 Å². The van der Waals surface area contributed by atoms with Crippen molar-refractivity contribution in [1.29, 1.82) is 0 Å². The van der Waals surface area contributed by atoms with Crippen LogP contribution in [-0.4, -0.2) is 23.3 Å². The van der Waals surface area contributed by atoms with E-state index in [2.05, 4.69) is 42.5 Å². The molecule has 0 bridgehead atoms. The second kappa shape index (κ2) is 10.6. The fourth-order valence-electron chi connectivity index (χ4n) is 1.95. The summed E-state index contributed by atoms with van der Waals surface area (Å²) in [7, 11) is 0. The molecule has 0 atom stereocenters. The molecule has 0 saturated carbocycles. The first-order valence-electron chi connectivity index (χ1n) is 7.71. The molecule has 25 heavy (non-hydrogen) atoms. The predicted octanol–water partition coefficient (Wildman–Crippen LogP) is 5.30. The standard InChI is InChI=1S/C18H18Br2N2O2S/c19-13-1-5-15(6-2-13)21-17(23)9-11-25-12-10-18(24)22-16-7-3-14(20)4-8-16/h1-8H,9-12H2,(H,21,23)(H,22,24). The minimum absolute atomic E-state index is 0.0193. The van der Waals surface area contributed by atoms with E-state index in [0.29, 0.717) is 24.3 Å². The lowest BCUT2D eigenvalue weighted by atomic mass is 10.3. The Morgan fingerprint density at radius 2 is 1.08 bits per heavy atom. The number of hydrogen-bond acceptors (Lipinski definition) is 3. The van der Waals surface area contributed by atoms with Crippen LogP contribution in [0.15, 0.2) is 57.5 Å². The monoisotopic (exact) mass is 484 g/mol. The van der Waals surface area contributed by atoms with Crippen LogP contribution in [0, 0.1) is 0 Å². The molecule has 2 aromatic carbocycles. The van der Waals surface area contributed by atoms with E-state index in [9.17, 15) is 9.59 Å². The molecule has 0 radical (unpaired) electrons. The third-order valence-corrected chi connectivity index (χ3v) is 5.25. The molecule has 4 nitrogen and oxygen atoms in total. The Morgan fingerprint density at radius 1 is 0.720 bits per heavy atom. The average molecular weight is 486 g/mol. The van der Waals surface area contributed by atoms with Crippen LogP contribution in [0.25, 0.3) is 0 Å². The minimum atomic E-state index is -0.0193. The molecule has 0 heterocycles. The largest absolute Gasteiger partial charge is 0.326 e. The van der Waals surface area contributed by atoms with Crippen molar-refractivity contribution in [3.8, 4) is 0 Å². The summed E-state index contributed by atoms with van der Waals surface area (Å²) in [6, 6.07) is 14.9. The van der Waals surface area contributed by atoms with Crippen molar-refractivity contribution >= 4 is 66.8 Å². The van der Waals surface area contributed by atoms with E-state index in [1.54, 1.807) is 11.8 Å². The van der Waals surface area contributed by atoms with Crippen molar-refractivity contribution in [1.82, 2.24) is 0 Å². The van der Waals surface area contributed by atoms with E-state index in [-0.39, 0.29) is 11.8 Å². The van der Waals surface area contributed by atoms with Crippen molar-refractivity contribution in [3.05, 3.63) is 57.5 Å². The van der Waals surface area contributed by atoms with E-state index in [1.807, 2.05) is 48.5 Å². The first kappa shape index (κ1) is 20.0. The van der Waals surface area contributed by atoms with Crippen molar-refractivity contribution in [3.63, 3.8) is 0 Å². The molecule has 0 aliphatic heterocycles. The van der Waals surface area contributed by atoms with Gasteiger partial charge in [0.1, 0.15) is 0 Å². The zero-order valence-corrected chi connectivity index (χ0v) is 17.4. The number of hydrogen-bond donors (Lipinski definition) is 2. The van der Waals surface area contributed by atoms with Crippen molar-refractivity contribution in [2.45, 2.75) is 12.8 Å². The zero-order valence-electron chi connectivity index (χ0n) is 13.4. The van der Waals surface area contributed by atoms with Gasteiger partial charge >= 0.3 is 0 Å². The Labute approximate surface area is 168 Å². The first-order chi connectivity index (χ1) is 12.0. The summed E-state index contributed by atoms with van der Waals surface area (Å²) in [6.45, 7) is 0. The molecule has 2 aromatic rings. The number of carbonyl (C=O) groups excluding carboxylic acids is 2. The Hall–Kier alpha value is -1.31. The number of nitrogens with one attached hydrogen (secondary N) is 2. The lowest BCUT2D eigenvalue weighted by Gasteiger charge is -2.06. The number of thioether (sulfide) groups is 1. The van der Waals surface area contributed by atoms with Gasteiger partial charge in [0.25, 0.3) is 0 Å². The number of rotatable bonds is 8. The SMILES string of the molecule is O=C(CCSCCC(=O)Nc1ccc(Br)cc1)Nc1ccc(Br)cc1. The maximum Gasteiger partial charge on any atom is 0.225 e. The predicted molar refractivity (Wildman–Crippen MR) is 112 cm³/mol. The highest BCUT2D eigenvalue weighted by Crippen LogP contribution is 2.16. The Morgan fingerprint density at radius 3 is 1.44 bits per heavy atom. The minimum Gasteiger partial charge on any atom is -0.326 e. The maximum atomic E-state index is 11.8. The van der Waals surface area contributed by atoms with E-state index in [1.165, 1.54) is 0 Å². The van der Waals surface area contributed by atoms with Gasteiger partial charge in [0.2, 0.25) is 11.8 Å². The lowest BCUT2D eigenvalue weighted by molar-refractivity contribution is -0.116. The quantitative estimate of drug-likeness (QED) is 0.498. The van der Waals surface area contributed by atoms with Gasteiger partial charge in [-0.05, 0) is 48.5 Å². The summed E-state index contributed by atoms with van der Waals surface area (Å²) >= 11 is 8.31. The van der Waals surface area contributed by atoms with Gasteiger partial charge in [-0.3, -0.25) is 9.59 Å². The third kappa shape index (κ3) is 8.07. The molecule has 2 N–H and O–H groups in total. The van der Waals surface area contributed by atoms with Crippen molar-refractivity contribution < 1.29 is 9.59 Å². The molecule has 0 fully saturated rings. The summed E-state index contributed by atoms with van der Waals surface area (Å²) in [5.74, 6) is 1.34. The Balaban J connectivity index is 1.57. The van der Waals surface area contributed by atoms with Gasteiger partial charge in [0.15, 0.2) is 0 Å². The van der Waals surface area contributed by atoms with Crippen LogP contribution < -0.4 is 10.6 Å². The molecule has 2 rings (SSSR count). The molecule has 7 heteroatoms. The molecule has 2 amide bonds. The fraction of sp³-hybridized carbons (Fsp3) is 0.222. The van der Waals surface area contributed by atoms with E-state index < -0.39 is 0 Å². The summed E-state index contributed by atoms with van der Waals surface area (Å²) < 4.78 is 1.95. The molecule has 0 aliphatic rings. The number of benzene rings is 2. The highest BCUT2D eigenvalue weighted by atomic mass is 79.9. The first-order valence-corrected chi connectivity index (χ1v) is 10.5. The molecule has 0 saturated heterocycles. The van der Waals surface area contributed by atoms with Gasteiger partial charge in [0, 0.05) is 44.7 Å². The Kier molecular flexibility index (Phi) is 8.51. The number of halogens is 2. The molecule has 0 aromatic heterocycles. The van der Waals surface area contributed by atoms with Gasteiger partial charge in [-0.1, -0.05) is 31.9 Å². The fourth-order valence-corrected chi connectivity index (χ4v) is 3.34. The van der Waals surface area contributed by atoms with E-state index in [0.717, 1.165) is 20.3 Å². The highest BCUT2D eigenvalue weighted by molar-refractivity contribution is 9.10. The van der Waals surface area contributed by atoms with Crippen LogP contribution in [0.2, 0.25) is 0 Å². The van der Waals surface area contributed by atoms with E-state index in [4.69, 9.17) is 0 Å². The number of anilines is 2. The van der Waals surface area contributed by atoms with Gasteiger partial charge in [-0.25, -0.2) is 0 Å². The molecular weight excluding hydrogens is 468 g/mol. The van der Waals surface area contributed by atoms with Gasteiger partial charge in [-0.15, -0.1) is 0 Å². The molecule has 0 unspecified atom stereocenters. The van der Waals surface area contributed by atoms with E-state index >= 15 is 0 Å². The van der Waals surface area contributed by atoms with Crippen LogP contribution in [0.3, 0.4) is 0 Å². The lowest BCUT2D eigenvalue weighted by Crippen LogP contribution is -2.13. The zero-order chi connectivity index (χ0) is 18.1. The van der Waals surface area contributed by atoms with Crippen LogP contribution in [0.4, 0.5) is 11.4 Å². The number of carbonyl (C=O) groups is 2. The highest BCUT2D eigenvalue weighted by Gasteiger charge is 2.05. The number of amides is 2. The third-order valence-electron chi connectivity index (χ3n) is 3.20. The molecule has 0 spiro atoms. The summed E-state index contributed by atoms with van der Waals surface area (Å²) in [4.78, 5) is 23.7. The average Bonchev–Trinajstić information content (AvgIpc) is 2.59. The molecular formula is C18H18Br2N2O2S. The molecule has 132 valence electrons.